The van der Waals surface area contributed by atoms with E-state index in [2.05, 4.69) is 53.6 Å². The van der Waals surface area contributed by atoms with E-state index in [1.54, 1.807) is 6.20 Å². The standard InChI is InChI=1S/C18H20N2/c1-14(10-12-20-16-6-4-11-19-13-16)17-9-8-15-5-2-3-7-18(15)17/h2-7,9,11,13-14,20H,8,10,12H2,1H3. The van der Waals surface area contributed by atoms with Crippen molar-refractivity contribution in [3.8, 4) is 0 Å². The number of hydrogen-bond acceptors (Lipinski definition) is 2. The molecule has 1 aliphatic rings. The van der Waals surface area contributed by atoms with Crippen molar-refractivity contribution >= 4 is 11.3 Å². The molecule has 0 fully saturated rings. The van der Waals surface area contributed by atoms with E-state index in [-0.39, 0.29) is 0 Å². The Morgan fingerprint density at radius 3 is 2.95 bits per heavy atom. The van der Waals surface area contributed by atoms with E-state index in [9.17, 15) is 0 Å². The van der Waals surface area contributed by atoms with Crippen molar-refractivity contribution in [3.63, 3.8) is 0 Å². The number of nitrogens with zero attached hydrogens (tertiary/aromatic N) is 1. The fourth-order valence-electron chi connectivity index (χ4n) is 2.83. The van der Waals surface area contributed by atoms with Crippen LogP contribution in [-0.2, 0) is 6.42 Å². The summed E-state index contributed by atoms with van der Waals surface area (Å²) >= 11 is 0. The zero-order valence-corrected chi connectivity index (χ0v) is 11.8. The monoisotopic (exact) mass is 264 g/mol. The van der Waals surface area contributed by atoms with Crippen LogP contribution in [0.15, 0.2) is 54.9 Å². The van der Waals surface area contributed by atoms with Gasteiger partial charge >= 0.3 is 0 Å². The molecule has 2 aromatic rings. The maximum Gasteiger partial charge on any atom is 0.0526 e. The topological polar surface area (TPSA) is 24.9 Å². The molecule has 0 bridgehead atoms. The fourth-order valence-corrected chi connectivity index (χ4v) is 2.83. The SMILES string of the molecule is CC(CCNc1cccnc1)C1=CCc2ccccc21. The number of nitrogens with one attached hydrogen (secondary N) is 1. The van der Waals surface area contributed by atoms with E-state index in [1.807, 2.05) is 12.3 Å². The maximum atomic E-state index is 4.12. The Balaban J connectivity index is 1.57. The summed E-state index contributed by atoms with van der Waals surface area (Å²) in [5, 5.41) is 3.43. The molecule has 0 aliphatic heterocycles. The molecule has 0 saturated heterocycles. The molecule has 3 rings (SSSR count). The van der Waals surface area contributed by atoms with Crippen molar-refractivity contribution < 1.29 is 0 Å². The Morgan fingerprint density at radius 1 is 1.20 bits per heavy atom. The molecular weight excluding hydrogens is 244 g/mol. The lowest BCUT2D eigenvalue weighted by atomic mass is 9.93. The first-order valence-corrected chi connectivity index (χ1v) is 7.27. The van der Waals surface area contributed by atoms with Crippen LogP contribution in [0.2, 0.25) is 0 Å². The first kappa shape index (κ1) is 12.9. The molecule has 1 unspecified atom stereocenters. The molecule has 1 atom stereocenters. The number of allylic oxidation sites excluding steroid dienone is 2. The molecule has 2 heteroatoms. The Labute approximate surface area is 120 Å². The number of anilines is 1. The molecule has 1 aromatic heterocycles. The highest BCUT2D eigenvalue weighted by molar-refractivity contribution is 5.74. The van der Waals surface area contributed by atoms with Gasteiger partial charge in [-0.15, -0.1) is 0 Å². The molecule has 2 nitrogen and oxygen atoms in total. The third-order valence-corrected chi connectivity index (χ3v) is 3.97. The van der Waals surface area contributed by atoms with E-state index in [1.165, 1.54) is 16.7 Å². The summed E-state index contributed by atoms with van der Waals surface area (Å²) in [6.45, 7) is 3.30. The van der Waals surface area contributed by atoms with Gasteiger partial charge in [0.2, 0.25) is 0 Å². The summed E-state index contributed by atoms with van der Waals surface area (Å²) in [5.74, 6) is 0.586. The number of fused-ring (bicyclic) bond motifs is 1. The Bertz CT molecular complexity index is 602. The third kappa shape index (κ3) is 2.74. The minimum atomic E-state index is 0.586. The second-order valence-corrected chi connectivity index (χ2v) is 5.38. The highest BCUT2D eigenvalue weighted by Crippen LogP contribution is 2.33. The van der Waals surface area contributed by atoms with Crippen molar-refractivity contribution in [1.82, 2.24) is 4.98 Å². The van der Waals surface area contributed by atoms with Gasteiger partial charge in [0, 0.05) is 18.9 Å². The lowest BCUT2D eigenvalue weighted by Crippen LogP contribution is -2.08. The van der Waals surface area contributed by atoms with Crippen LogP contribution < -0.4 is 5.32 Å². The van der Waals surface area contributed by atoms with Gasteiger partial charge in [-0.25, -0.2) is 0 Å². The van der Waals surface area contributed by atoms with Gasteiger partial charge in [-0.05, 0) is 47.6 Å². The average Bonchev–Trinajstić information content (AvgIpc) is 2.92. The highest BCUT2D eigenvalue weighted by atomic mass is 14.9. The fraction of sp³-hybridized carbons (Fsp3) is 0.278. The average molecular weight is 264 g/mol. The quantitative estimate of drug-likeness (QED) is 0.877. The van der Waals surface area contributed by atoms with Crippen molar-refractivity contribution in [2.24, 2.45) is 5.92 Å². The lowest BCUT2D eigenvalue weighted by Gasteiger charge is -2.15. The van der Waals surface area contributed by atoms with Gasteiger partial charge in [-0.3, -0.25) is 4.98 Å². The summed E-state index contributed by atoms with van der Waals surface area (Å²) in [5.41, 5.74) is 5.52. The number of aromatic nitrogens is 1. The second-order valence-electron chi connectivity index (χ2n) is 5.38. The van der Waals surface area contributed by atoms with Gasteiger partial charge < -0.3 is 5.32 Å². The first-order valence-electron chi connectivity index (χ1n) is 7.27. The third-order valence-electron chi connectivity index (χ3n) is 3.97. The second kappa shape index (κ2) is 5.91. The van der Waals surface area contributed by atoms with Crippen molar-refractivity contribution in [2.45, 2.75) is 19.8 Å². The van der Waals surface area contributed by atoms with E-state index in [4.69, 9.17) is 0 Å². The van der Waals surface area contributed by atoms with Gasteiger partial charge in [0.05, 0.1) is 5.69 Å². The van der Waals surface area contributed by atoms with Crippen molar-refractivity contribution in [2.75, 3.05) is 11.9 Å². The Kier molecular flexibility index (Phi) is 3.82. The van der Waals surface area contributed by atoms with Crippen LogP contribution in [0, 0.1) is 5.92 Å². The molecule has 1 N–H and O–H groups in total. The molecular formula is C18H20N2. The Hall–Kier alpha value is -2.09. The highest BCUT2D eigenvalue weighted by Gasteiger charge is 2.18. The minimum absolute atomic E-state index is 0.586. The van der Waals surface area contributed by atoms with Crippen LogP contribution in [-0.4, -0.2) is 11.5 Å². The molecule has 1 aromatic carbocycles. The molecule has 0 amide bonds. The maximum absolute atomic E-state index is 4.12. The number of pyridine rings is 1. The van der Waals surface area contributed by atoms with Crippen LogP contribution in [0.1, 0.15) is 24.5 Å². The van der Waals surface area contributed by atoms with Crippen LogP contribution in [0.3, 0.4) is 0 Å². The molecule has 1 aliphatic carbocycles. The molecule has 0 radical (unpaired) electrons. The zero-order valence-electron chi connectivity index (χ0n) is 11.8. The van der Waals surface area contributed by atoms with E-state index in [0.717, 1.165) is 25.1 Å². The van der Waals surface area contributed by atoms with Gasteiger partial charge in [-0.1, -0.05) is 37.3 Å². The van der Waals surface area contributed by atoms with E-state index in [0.29, 0.717) is 5.92 Å². The predicted molar refractivity (Wildman–Crippen MR) is 84.6 cm³/mol. The molecule has 0 spiro atoms. The minimum Gasteiger partial charge on any atom is -0.384 e. The van der Waals surface area contributed by atoms with Crippen molar-refractivity contribution in [3.05, 3.63) is 66.0 Å². The predicted octanol–water partition coefficient (Wildman–Crippen LogP) is 4.16. The Morgan fingerprint density at radius 2 is 2.10 bits per heavy atom. The smallest absolute Gasteiger partial charge is 0.0526 e. The van der Waals surface area contributed by atoms with Crippen LogP contribution in [0.25, 0.3) is 5.57 Å². The van der Waals surface area contributed by atoms with Crippen molar-refractivity contribution in [1.29, 1.82) is 0 Å². The molecule has 0 saturated carbocycles. The molecule has 102 valence electrons. The summed E-state index contributed by atoms with van der Waals surface area (Å²) in [6.07, 6.45) is 8.28. The molecule has 20 heavy (non-hydrogen) atoms. The van der Waals surface area contributed by atoms with Gasteiger partial charge in [-0.2, -0.15) is 0 Å². The first-order chi connectivity index (χ1) is 9.84. The van der Waals surface area contributed by atoms with Gasteiger partial charge in [0.15, 0.2) is 0 Å². The van der Waals surface area contributed by atoms with Gasteiger partial charge in [0.25, 0.3) is 0 Å². The molecule has 1 heterocycles. The number of hydrogen-bond donors (Lipinski definition) is 1. The number of benzene rings is 1. The van der Waals surface area contributed by atoms with Crippen LogP contribution in [0.4, 0.5) is 5.69 Å². The lowest BCUT2D eigenvalue weighted by molar-refractivity contribution is 0.691. The normalized spacial score (nSPS) is 14.6. The summed E-state index contributed by atoms with van der Waals surface area (Å²) in [6, 6.07) is 12.8. The van der Waals surface area contributed by atoms with Gasteiger partial charge in [0.1, 0.15) is 0 Å². The van der Waals surface area contributed by atoms with Crippen LogP contribution in [0.5, 0.6) is 0 Å². The zero-order chi connectivity index (χ0) is 13.8. The van der Waals surface area contributed by atoms with Crippen LogP contribution >= 0.6 is 0 Å². The summed E-state index contributed by atoms with van der Waals surface area (Å²) in [4.78, 5) is 4.12. The number of rotatable bonds is 5. The van der Waals surface area contributed by atoms with E-state index < -0.39 is 0 Å². The summed E-state index contributed by atoms with van der Waals surface area (Å²) in [7, 11) is 0. The summed E-state index contributed by atoms with van der Waals surface area (Å²) < 4.78 is 0. The van der Waals surface area contributed by atoms with E-state index >= 15 is 0 Å². The largest absolute Gasteiger partial charge is 0.384 e.